The molecule has 0 unspecified atom stereocenters. The largest absolute Gasteiger partial charge is 0.103 e. The minimum absolute atomic E-state index is 0.991. The first-order valence-electron chi connectivity index (χ1n) is 27.5. The van der Waals surface area contributed by atoms with Gasteiger partial charge in [0.25, 0.3) is 0 Å². The van der Waals surface area contributed by atoms with E-state index in [4.69, 9.17) is 0 Å². The molecule has 0 heteroatoms. The van der Waals surface area contributed by atoms with Crippen LogP contribution in [-0.4, -0.2) is 0 Å². The van der Waals surface area contributed by atoms with E-state index < -0.39 is 0 Å². The summed E-state index contributed by atoms with van der Waals surface area (Å²) in [7, 11) is 0. The van der Waals surface area contributed by atoms with Crippen LogP contribution in [0.3, 0.4) is 0 Å². The molecule has 0 atom stereocenters. The van der Waals surface area contributed by atoms with E-state index >= 15 is 0 Å². The van der Waals surface area contributed by atoms with Crippen molar-refractivity contribution in [1.29, 1.82) is 0 Å². The highest BCUT2D eigenvalue weighted by Crippen LogP contribution is 2.13. The van der Waals surface area contributed by atoms with Gasteiger partial charge in [0.15, 0.2) is 0 Å². The van der Waals surface area contributed by atoms with Crippen molar-refractivity contribution in [3.05, 3.63) is 73.4 Å². The quantitative estimate of drug-likeness (QED) is 0.0424. The lowest BCUT2D eigenvalue weighted by Crippen LogP contribution is -1.82. The maximum Gasteiger partial charge on any atom is -0.0169 e. The van der Waals surface area contributed by atoms with Crippen molar-refractivity contribution in [1.82, 2.24) is 0 Å². The molecule has 0 spiro atoms. The van der Waals surface area contributed by atoms with E-state index in [1.165, 1.54) is 244 Å². The van der Waals surface area contributed by atoms with Gasteiger partial charge < -0.3 is 0 Å². The molecule has 0 amide bonds. The van der Waals surface area contributed by atoms with E-state index in [0.29, 0.717) is 0 Å². The molecular formula is C60H116. The summed E-state index contributed by atoms with van der Waals surface area (Å²) in [5.74, 6) is 0. The second-order valence-electron chi connectivity index (χ2n) is 17.5. The number of rotatable bonds is 43. The van der Waals surface area contributed by atoms with E-state index in [0.717, 1.165) is 19.3 Å². The van der Waals surface area contributed by atoms with E-state index in [2.05, 4.69) is 116 Å². The lowest BCUT2D eigenvalue weighted by Gasteiger charge is -2.01. The normalized spacial score (nSPS) is 11.4. The van der Waals surface area contributed by atoms with Crippen LogP contribution >= 0.6 is 0 Å². The molecular weight excluding hydrogens is 721 g/mol. The first-order valence-corrected chi connectivity index (χ1v) is 27.5. The molecule has 0 saturated heterocycles. The van der Waals surface area contributed by atoms with Crippen LogP contribution in [0.2, 0.25) is 0 Å². The third-order valence-corrected chi connectivity index (χ3v) is 11.0. The van der Waals surface area contributed by atoms with Gasteiger partial charge in [0, 0.05) is 0 Å². The number of unbranched alkanes of at least 4 members (excludes halogenated alkanes) is 32. The van der Waals surface area contributed by atoms with Gasteiger partial charge >= 0.3 is 0 Å². The molecule has 0 saturated carbocycles. The van der Waals surface area contributed by atoms with Crippen molar-refractivity contribution in [2.45, 2.75) is 312 Å². The Morgan fingerprint density at radius 3 is 0.667 bits per heavy atom. The third kappa shape index (κ3) is 80.4. The van der Waals surface area contributed by atoms with Crippen LogP contribution in [0, 0.1) is 0 Å². The van der Waals surface area contributed by atoms with Crippen LogP contribution in [0.15, 0.2) is 73.4 Å². The van der Waals surface area contributed by atoms with Gasteiger partial charge in [0.1, 0.15) is 0 Å². The van der Waals surface area contributed by atoms with Crippen LogP contribution in [0.1, 0.15) is 312 Å². The Labute approximate surface area is 383 Å². The average Bonchev–Trinajstić information content (AvgIpc) is 3.26. The highest BCUT2D eigenvalue weighted by Gasteiger charge is 1.93. The lowest BCUT2D eigenvalue weighted by atomic mass is 10.1. The van der Waals surface area contributed by atoms with Crippen molar-refractivity contribution in [3.63, 3.8) is 0 Å². The molecule has 0 aliphatic carbocycles. The summed E-state index contributed by atoms with van der Waals surface area (Å²) in [4.78, 5) is 0. The van der Waals surface area contributed by atoms with Gasteiger partial charge in [-0.3, -0.25) is 0 Å². The van der Waals surface area contributed by atoms with Crippen LogP contribution in [0.25, 0.3) is 0 Å². The molecule has 0 nitrogen and oxygen atoms in total. The molecule has 0 aliphatic heterocycles. The molecule has 0 radical (unpaired) electrons. The Hall–Kier alpha value is -1.56. The highest BCUT2D eigenvalue weighted by atomic mass is 14.0. The van der Waals surface area contributed by atoms with Gasteiger partial charge in [0.05, 0.1) is 0 Å². The first kappa shape index (κ1) is 65.1. The van der Waals surface area contributed by atoms with Gasteiger partial charge in [-0.05, 0) is 77.0 Å². The van der Waals surface area contributed by atoms with Crippen molar-refractivity contribution in [3.8, 4) is 0 Å². The smallest absolute Gasteiger partial charge is 0.0169 e. The topological polar surface area (TPSA) is 0 Å². The minimum atomic E-state index is 0.991. The fourth-order valence-electron chi connectivity index (χ4n) is 6.87. The monoisotopic (exact) mass is 837 g/mol. The zero-order valence-electron chi connectivity index (χ0n) is 43.0. The number of allylic oxidation sites excluding steroid dienone is 11. The molecule has 0 rings (SSSR count). The Kier molecular flexibility index (Phi) is 78.0. The summed E-state index contributed by atoms with van der Waals surface area (Å²) in [6.45, 7) is 19.5. The van der Waals surface area contributed by atoms with E-state index in [1.807, 2.05) is 6.08 Å². The van der Waals surface area contributed by atoms with Gasteiger partial charge in [-0.25, -0.2) is 0 Å². The summed E-state index contributed by atoms with van der Waals surface area (Å²) in [6, 6.07) is 0. The highest BCUT2D eigenvalue weighted by molar-refractivity contribution is 4.95. The van der Waals surface area contributed by atoms with E-state index in [9.17, 15) is 0 Å². The molecule has 0 bridgehead atoms. The summed E-state index contributed by atoms with van der Waals surface area (Å²) in [6.07, 6.45) is 81.0. The predicted octanol–water partition coefficient (Wildman–Crippen LogP) is 23.0. The first-order chi connectivity index (χ1) is 29.7. The van der Waals surface area contributed by atoms with Gasteiger partial charge in [-0.2, -0.15) is 0 Å². The molecule has 0 aromatic heterocycles. The fourth-order valence-corrected chi connectivity index (χ4v) is 6.87. The summed E-state index contributed by atoms with van der Waals surface area (Å²) in [5.41, 5.74) is 0. The van der Waals surface area contributed by atoms with Crippen molar-refractivity contribution >= 4 is 0 Å². The zero-order valence-corrected chi connectivity index (χ0v) is 43.0. The fraction of sp³-hybridized carbons (Fsp3) is 0.800. The molecule has 0 N–H and O–H groups in total. The molecule has 0 aromatic carbocycles. The Bertz CT molecular complexity index is 809. The van der Waals surface area contributed by atoms with Crippen LogP contribution in [0.5, 0.6) is 0 Å². The van der Waals surface area contributed by atoms with Crippen molar-refractivity contribution in [2.24, 2.45) is 0 Å². The SMILES string of the molecule is C=CC/C=C\C/C=C\CCCCCCC.CCC/C=C\C/C=C\CCCCCCC.CCCCCC/C=C\CCCCCCC.CCCCCCCCCCCCCCC. The Morgan fingerprint density at radius 2 is 0.400 bits per heavy atom. The van der Waals surface area contributed by atoms with E-state index in [1.54, 1.807) is 0 Å². The number of hydrogen-bond donors (Lipinski definition) is 0. The summed E-state index contributed by atoms with van der Waals surface area (Å²) >= 11 is 0. The van der Waals surface area contributed by atoms with Crippen molar-refractivity contribution in [2.75, 3.05) is 0 Å². The van der Waals surface area contributed by atoms with E-state index in [-0.39, 0.29) is 0 Å². The molecule has 0 aromatic rings. The van der Waals surface area contributed by atoms with Crippen LogP contribution in [-0.2, 0) is 0 Å². The maximum absolute atomic E-state index is 3.67. The zero-order chi connectivity index (χ0) is 44.8. The standard InChI is InChI=1S/C15H32.C15H30.C15H28.C15H26/c4*1-3-5-7-9-11-13-15-14-12-10-8-6-4-2/h3-15H2,1-2H3;13,15H,3-12,14H2,1-2H3;7,9,13,15H,3-6,8,10-12,14H2,1-2H3;3,7,9,13,15H,1,4-6,8,10-12,14H2,2H3/b;15-13-;2*9-7-,15-13-. The second kappa shape index (κ2) is 71.9. The molecule has 0 aliphatic rings. The summed E-state index contributed by atoms with van der Waals surface area (Å²) < 4.78 is 0. The van der Waals surface area contributed by atoms with Crippen molar-refractivity contribution < 1.29 is 0 Å². The van der Waals surface area contributed by atoms with Crippen LogP contribution < -0.4 is 0 Å². The Balaban J connectivity index is -0.000000348. The predicted molar refractivity (Wildman–Crippen MR) is 285 cm³/mol. The summed E-state index contributed by atoms with van der Waals surface area (Å²) in [5, 5.41) is 0. The minimum Gasteiger partial charge on any atom is -0.103 e. The third-order valence-electron chi connectivity index (χ3n) is 11.0. The maximum atomic E-state index is 3.67. The lowest BCUT2D eigenvalue weighted by molar-refractivity contribution is 0.542. The average molecular weight is 838 g/mol. The number of hydrogen-bond acceptors (Lipinski definition) is 0. The van der Waals surface area contributed by atoms with Gasteiger partial charge in [-0.15, -0.1) is 6.58 Å². The van der Waals surface area contributed by atoms with Gasteiger partial charge in [0.2, 0.25) is 0 Å². The molecule has 60 heavy (non-hydrogen) atoms. The van der Waals surface area contributed by atoms with Crippen LogP contribution in [0.4, 0.5) is 0 Å². The molecule has 356 valence electrons. The Morgan fingerprint density at radius 1 is 0.200 bits per heavy atom. The molecule has 0 heterocycles. The second-order valence-corrected chi connectivity index (χ2v) is 17.5. The van der Waals surface area contributed by atoms with Gasteiger partial charge in [-0.1, -0.05) is 302 Å². The molecule has 0 fully saturated rings.